The fraction of sp³-hybridized carbons (Fsp3) is 1.00. The first-order chi connectivity index (χ1) is 11.2. The average molecular weight is 322 g/mol. The average Bonchev–Trinajstić information content (AvgIpc) is 3.27. The summed E-state index contributed by atoms with van der Waals surface area (Å²) in [5, 5.41) is 0. The van der Waals surface area contributed by atoms with Crippen molar-refractivity contribution in [1.29, 1.82) is 0 Å². The summed E-state index contributed by atoms with van der Waals surface area (Å²) in [6, 6.07) is 0. The maximum atomic E-state index is 6.73. The standard InChI is InChI=1S/C18H26O5/c1-3-5-7-17-12-10-9-11-13(12)18(23-17,8-6-4-2)22-16(11)20-14(9)19-15(10)21-17/h9-16H,3-8H2,1-2H3/t9?,10-,11+,12-,13+,14?,15+,16-,17+,18-. The summed E-state index contributed by atoms with van der Waals surface area (Å²) in [6.45, 7) is 4.46. The molecule has 1 aliphatic carbocycles. The molecule has 128 valence electrons. The monoisotopic (exact) mass is 322 g/mol. The van der Waals surface area contributed by atoms with E-state index >= 15 is 0 Å². The third-order valence-corrected chi connectivity index (χ3v) is 7.33. The Kier molecular flexibility index (Phi) is 2.62. The number of hydrogen-bond donors (Lipinski definition) is 0. The van der Waals surface area contributed by atoms with E-state index in [0.717, 1.165) is 38.5 Å². The van der Waals surface area contributed by atoms with E-state index in [1.54, 1.807) is 0 Å². The normalized spacial score (nSPS) is 62.9. The van der Waals surface area contributed by atoms with Gasteiger partial charge >= 0.3 is 0 Å². The van der Waals surface area contributed by atoms with Gasteiger partial charge in [0.2, 0.25) is 0 Å². The third-order valence-electron chi connectivity index (χ3n) is 7.33. The van der Waals surface area contributed by atoms with Crippen molar-refractivity contribution in [3.8, 4) is 0 Å². The van der Waals surface area contributed by atoms with Gasteiger partial charge in [-0.3, -0.25) is 0 Å². The molecule has 5 heterocycles. The number of ether oxygens (including phenoxy) is 5. The first-order valence-corrected chi connectivity index (χ1v) is 9.60. The molecule has 10 atom stereocenters. The predicted molar refractivity (Wildman–Crippen MR) is 78.8 cm³/mol. The van der Waals surface area contributed by atoms with Crippen LogP contribution in [-0.4, -0.2) is 30.4 Å². The van der Waals surface area contributed by atoms with Gasteiger partial charge in [-0.1, -0.05) is 26.7 Å². The van der Waals surface area contributed by atoms with Gasteiger partial charge in [0.05, 0.1) is 0 Å². The van der Waals surface area contributed by atoms with Crippen LogP contribution in [0.3, 0.4) is 0 Å². The Balaban J connectivity index is 1.44. The Labute approximate surface area is 136 Å². The quantitative estimate of drug-likeness (QED) is 0.752. The SMILES string of the molecule is CCCC[C@]12O[C@@H]3OC4O[C@@H]5O[C@](CCCC)(O1)[C@H]1[C@@H]5C4[C@@H]3[C@H]12. The van der Waals surface area contributed by atoms with Crippen molar-refractivity contribution in [2.45, 2.75) is 82.8 Å². The molecular formula is C18H26O5. The Morgan fingerprint density at radius 3 is 1.70 bits per heavy atom. The minimum absolute atomic E-state index is 0.112. The van der Waals surface area contributed by atoms with Crippen molar-refractivity contribution in [2.75, 3.05) is 0 Å². The fourth-order valence-electron chi connectivity index (χ4n) is 6.71. The molecule has 6 aliphatic rings. The van der Waals surface area contributed by atoms with Gasteiger partial charge in [-0.25, -0.2) is 0 Å². The summed E-state index contributed by atoms with van der Waals surface area (Å²) < 4.78 is 31.8. The lowest BCUT2D eigenvalue weighted by Gasteiger charge is -2.36. The first-order valence-electron chi connectivity index (χ1n) is 9.60. The van der Waals surface area contributed by atoms with Crippen LogP contribution in [0.2, 0.25) is 0 Å². The second-order valence-electron chi connectivity index (χ2n) is 8.33. The van der Waals surface area contributed by atoms with Crippen molar-refractivity contribution in [3.05, 3.63) is 0 Å². The summed E-state index contributed by atoms with van der Waals surface area (Å²) in [4.78, 5) is 0. The summed E-state index contributed by atoms with van der Waals surface area (Å²) in [5.41, 5.74) is 0. The Hall–Kier alpha value is -0.200. The number of rotatable bonds is 6. The first kappa shape index (κ1) is 14.0. The van der Waals surface area contributed by atoms with Gasteiger partial charge in [0, 0.05) is 42.4 Å². The van der Waals surface area contributed by atoms with Gasteiger partial charge in [-0.15, -0.1) is 0 Å². The van der Waals surface area contributed by atoms with Gasteiger partial charge < -0.3 is 23.7 Å². The maximum absolute atomic E-state index is 6.73. The van der Waals surface area contributed by atoms with Crippen LogP contribution in [-0.2, 0) is 23.7 Å². The maximum Gasteiger partial charge on any atom is 0.178 e. The summed E-state index contributed by atoms with van der Waals surface area (Å²) in [5.74, 6) is 1.28. The van der Waals surface area contributed by atoms with Gasteiger partial charge in [-0.2, -0.15) is 0 Å². The van der Waals surface area contributed by atoms with Crippen LogP contribution < -0.4 is 0 Å². The van der Waals surface area contributed by atoms with Crippen LogP contribution in [0.4, 0.5) is 0 Å². The topological polar surface area (TPSA) is 46.2 Å². The summed E-state index contributed by atoms with van der Waals surface area (Å²) >= 11 is 0. The summed E-state index contributed by atoms with van der Waals surface area (Å²) in [6.07, 6.45) is 6.15. The molecule has 5 aliphatic heterocycles. The molecule has 5 heteroatoms. The smallest absolute Gasteiger partial charge is 0.178 e. The minimum Gasteiger partial charge on any atom is -0.323 e. The van der Waals surface area contributed by atoms with Crippen LogP contribution in [0.15, 0.2) is 0 Å². The van der Waals surface area contributed by atoms with Crippen LogP contribution in [0.5, 0.6) is 0 Å². The van der Waals surface area contributed by atoms with Crippen LogP contribution >= 0.6 is 0 Å². The largest absolute Gasteiger partial charge is 0.323 e. The van der Waals surface area contributed by atoms with Crippen LogP contribution in [0.25, 0.3) is 0 Å². The van der Waals surface area contributed by atoms with Gasteiger partial charge in [0.25, 0.3) is 0 Å². The van der Waals surface area contributed by atoms with E-state index in [1.807, 2.05) is 0 Å². The summed E-state index contributed by atoms with van der Waals surface area (Å²) in [7, 11) is 0. The molecule has 0 N–H and O–H groups in total. The molecule has 0 amide bonds. The fourth-order valence-corrected chi connectivity index (χ4v) is 6.71. The molecule has 1 saturated carbocycles. The molecule has 0 spiro atoms. The zero-order valence-corrected chi connectivity index (χ0v) is 13.9. The van der Waals surface area contributed by atoms with E-state index in [-0.39, 0.29) is 18.9 Å². The number of hydrogen-bond acceptors (Lipinski definition) is 5. The minimum atomic E-state index is -0.468. The number of unbranched alkanes of at least 4 members (excludes halogenated alkanes) is 2. The molecule has 0 aromatic heterocycles. The van der Waals surface area contributed by atoms with Crippen molar-refractivity contribution in [1.82, 2.24) is 0 Å². The van der Waals surface area contributed by atoms with E-state index in [9.17, 15) is 0 Å². The molecule has 0 aromatic carbocycles. The van der Waals surface area contributed by atoms with Crippen LogP contribution in [0, 0.1) is 29.6 Å². The molecule has 0 aromatic rings. The van der Waals surface area contributed by atoms with E-state index in [0.29, 0.717) is 29.6 Å². The second-order valence-corrected chi connectivity index (χ2v) is 8.33. The Bertz CT molecular complexity index is 496. The lowest BCUT2D eigenvalue weighted by atomic mass is 9.79. The molecular weight excluding hydrogens is 296 g/mol. The predicted octanol–water partition coefficient (Wildman–Crippen LogP) is 2.98. The lowest BCUT2D eigenvalue weighted by molar-refractivity contribution is -0.389. The molecule has 0 bridgehead atoms. The van der Waals surface area contributed by atoms with E-state index in [1.165, 1.54) is 0 Å². The Morgan fingerprint density at radius 1 is 0.696 bits per heavy atom. The molecule has 0 radical (unpaired) electrons. The van der Waals surface area contributed by atoms with Crippen LogP contribution in [0.1, 0.15) is 52.4 Å². The van der Waals surface area contributed by atoms with Gasteiger partial charge in [-0.05, 0) is 12.8 Å². The molecule has 2 unspecified atom stereocenters. The Morgan fingerprint density at radius 2 is 1.22 bits per heavy atom. The van der Waals surface area contributed by atoms with E-state index < -0.39 is 11.6 Å². The second kappa shape index (κ2) is 4.31. The zero-order valence-electron chi connectivity index (χ0n) is 13.9. The van der Waals surface area contributed by atoms with Gasteiger partial charge in [0.15, 0.2) is 30.4 Å². The highest BCUT2D eigenvalue weighted by atomic mass is 16.9. The molecule has 23 heavy (non-hydrogen) atoms. The molecule has 5 nitrogen and oxygen atoms in total. The highest BCUT2D eigenvalue weighted by Gasteiger charge is 2.86. The van der Waals surface area contributed by atoms with Crippen molar-refractivity contribution in [3.63, 3.8) is 0 Å². The highest BCUT2D eigenvalue weighted by molar-refractivity contribution is 5.22. The third kappa shape index (κ3) is 1.41. The van der Waals surface area contributed by atoms with E-state index in [4.69, 9.17) is 23.7 Å². The van der Waals surface area contributed by atoms with Crippen molar-refractivity contribution >= 4 is 0 Å². The molecule has 6 fully saturated rings. The molecule has 6 rings (SSSR count). The van der Waals surface area contributed by atoms with Crippen molar-refractivity contribution in [2.24, 2.45) is 29.6 Å². The van der Waals surface area contributed by atoms with E-state index in [2.05, 4.69) is 13.8 Å². The highest BCUT2D eigenvalue weighted by Crippen LogP contribution is 2.77. The van der Waals surface area contributed by atoms with Crippen molar-refractivity contribution < 1.29 is 23.7 Å². The van der Waals surface area contributed by atoms with Gasteiger partial charge in [0.1, 0.15) is 0 Å². The lowest BCUT2D eigenvalue weighted by Crippen LogP contribution is -2.43. The molecule has 5 saturated heterocycles. The zero-order chi connectivity index (χ0) is 15.4.